The Morgan fingerprint density at radius 3 is 2.84 bits per heavy atom. The van der Waals surface area contributed by atoms with Gasteiger partial charge in [0.05, 0.1) is 11.5 Å². The lowest BCUT2D eigenvalue weighted by Crippen LogP contribution is -2.44. The fourth-order valence-electron chi connectivity index (χ4n) is 2.39. The van der Waals surface area contributed by atoms with Crippen molar-refractivity contribution in [2.24, 2.45) is 5.92 Å². The van der Waals surface area contributed by atoms with E-state index in [4.69, 9.17) is 9.15 Å². The molecule has 0 aliphatic rings. The van der Waals surface area contributed by atoms with E-state index in [2.05, 4.69) is 15.6 Å². The summed E-state index contributed by atoms with van der Waals surface area (Å²) < 4.78 is 10.3. The van der Waals surface area contributed by atoms with Crippen LogP contribution in [0.3, 0.4) is 0 Å². The van der Waals surface area contributed by atoms with Gasteiger partial charge in [0, 0.05) is 12.6 Å². The zero-order chi connectivity index (χ0) is 18.2. The Hall–Kier alpha value is -2.35. The van der Waals surface area contributed by atoms with Crippen molar-refractivity contribution in [1.29, 1.82) is 0 Å². The van der Waals surface area contributed by atoms with Crippen molar-refractivity contribution in [2.45, 2.75) is 33.2 Å². The molecule has 0 aliphatic carbocycles. The minimum atomic E-state index is -0.483. The third-order valence-corrected chi connectivity index (χ3v) is 4.26. The van der Waals surface area contributed by atoms with Crippen LogP contribution >= 0.6 is 11.3 Å². The highest BCUT2D eigenvalue weighted by molar-refractivity contribution is 7.13. The van der Waals surface area contributed by atoms with Crippen molar-refractivity contribution in [1.82, 2.24) is 15.6 Å². The van der Waals surface area contributed by atoms with Crippen molar-refractivity contribution >= 4 is 23.3 Å². The van der Waals surface area contributed by atoms with Gasteiger partial charge in [-0.3, -0.25) is 4.79 Å². The average Bonchev–Trinajstić information content (AvgIpc) is 3.22. The van der Waals surface area contributed by atoms with Gasteiger partial charge in [-0.15, -0.1) is 11.3 Å². The summed E-state index contributed by atoms with van der Waals surface area (Å²) in [6, 6.07) is 3.53. The maximum absolute atomic E-state index is 12.5. The topological polar surface area (TPSA) is 93.5 Å². The highest BCUT2D eigenvalue weighted by atomic mass is 32.1. The van der Waals surface area contributed by atoms with E-state index in [0.717, 1.165) is 11.3 Å². The average molecular weight is 365 g/mol. The van der Waals surface area contributed by atoms with E-state index in [1.165, 1.54) is 17.7 Å². The minimum Gasteiger partial charge on any atom is -0.450 e. The van der Waals surface area contributed by atoms with Crippen LogP contribution in [0, 0.1) is 5.92 Å². The Morgan fingerprint density at radius 2 is 2.20 bits per heavy atom. The van der Waals surface area contributed by atoms with E-state index < -0.39 is 6.09 Å². The smallest absolute Gasteiger partial charge is 0.407 e. The number of ether oxygens (including phenoxy) is 1. The third kappa shape index (κ3) is 5.60. The van der Waals surface area contributed by atoms with Crippen molar-refractivity contribution in [3.63, 3.8) is 0 Å². The molecule has 2 aromatic heterocycles. The monoisotopic (exact) mass is 365 g/mol. The Morgan fingerprint density at radius 1 is 1.40 bits per heavy atom. The zero-order valence-corrected chi connectivity index (χ0v) is 15.4. The summed E-state index contributed by atoms with van der Waals surface area (Å²) in [5.41, 5.74) is 0.238. The van der Waals surface area contributed by atoms with Crippen LogP contribution in [-0.4, -0.2) is 36.2 Å². The second kappa shape index (κ2) is 9.22. The first kappa shape index (κ1) is 19.0. The molecule has 0 aromatic carbocycles. The van der Waals surface area contributed by atoms with Gasteiger partial charge in [0.15, 0.2) is 17.8 Å². The lowest BCUT2D eigenvalue weighted by molar-refractivity contribution is 0.0940. The number of hydrogen-bond donors (Lipinski definition) is 2. The number of hydrogen-bond acceptors (Lipinski definition) is 6. The highest BCUT2D eigenvalue weighted by Gasteiger charge is 2.21. The zero-order valence-electron chi connectivity index (χ0n) is 14.6. The molecule has 2 N–H and O–H groups in total. The largest absolute Gasteiger partial charge is 0.450 e. The third-order valence-electron chi connectivity index (χ3n) is 3.39. The molecule has 0 aliphatic heterocycles. The van der Waals surface area contributed by atoms with Crippen LogP contribution in [0.4, 0.5) is 4.79 Å². The summed E-state index contributed by atoms with van der Waals surface area (Å²) in [6.07, 6.45) is 1.49. The quantitative estimate of drug-likeness (QED) is 0.749. The Kier molecular flexibility index (Phi) is 7.00. The molecule has 1 unspecified atom stereocenters. The minimum absolute atomic E-state index is 0.222. The number of carbonyl (C=O) groups is 2. The Bertz CT molecular complexity index is 682. The van der Waals surface area contributed by atoms with Gasteiger partial charge in [-0.1, -0.05) is 19.9 Å². The number of alkyl carbamates (subject to hydrolysis) is 1. The first-order valence-electron chi connectivity index (χ1n) is 8.20. The maximum Gasteiger partial charge on any atom is 0.407 e. The molecule has 1 atom stereocenters. The van der Waals surface area contributed by atoms with Crippen molar-refractivity contribution in [2.75, 3.05) is 13.2 Å². The van der Waals surface area contributed by atoms with E-state index in [9.17, 15) is 9.59 Å². The summed E-state index contributed by atoms with van der Waals surface area (Å²) in [7, 11) is 0. The second-order valence-electron chi connectivity index (χ2n) is 5.91. The summed E-state index contributed by atoms with van der Waals surface area (Å²) in [6.45, 7) is 6.43. The van der Waals surface area contributed by atoms with Crippen LogP contribution < -0.4 is 10.6 Å². The summed E-state index contributed by atoms with van der Waals surface area (Å²) >= 11 is 1.47. The number of carbonyl (C=O) groups excluding carboxylic acids is 2. The number of oxazole rings is 1. The SMILES string of the molecule is CCOC(=O)NC(CNC(=O)c1ncoc1-c1cccs1)CC(C)C. The number of rotatable bonds is 8. The fourth-order valence-corrected chi connectivity index (χ4v) is 3.10. The molecule has 7 nitrogen and oxygen atoms in total. The molecule has 0 bridgehead atoms. The molecule has 0 fully saturated rings. The van der Waals surface area contributed by atoms with Gasteiger partial charge in [-0.05, 0) is 30.7 Å². The van der Waals surface area contributed by atoms with E-state index in [0.29, 0.717) is 18.3 Å². The number of amides is 2. The van der Waals surface area contributed by atoms with Gasteiger partial charge >= 0.3 is 6.09 Å². The van der Waals surface area contributed by atoms with Crippen LogP contribution in [0.5, 0.6) is 0 Å². The van der Waals surface area contributed by atoms with Crippen molar-refractivity contribution in [3.8, 4) is 10.6 Å². The van der Waals surface area contributed by atoms with E-state index in [-0.39, 0.29) is 24.2 Å². The molecular formula is C17H23N3O4S. The normalized spacial score (nSPS) is 12.0. The summed E-state index contributed by atoms with van der Waals surface area (Å²) in [4.78, 5) is 29.0. The molecule has 2 aromatic rings. The van der Waals surface area contributed by atoms with Crippen molar-refractivity contribution in [3.05, 3.63) is 29.6 Å². The number of thiophene rings is 1. The van der Waals surface area contributed by atoms with Crippen LogP contribution in [0.25, 0.3) is 10.6 Å². The number of nitrogens with one attached hydrogen (secondary N) is 2. The van der Waals surface area contributed by atoms with Gasteiger partial charge in [0.2, 0.25) is 0 Å². The molecule has 2 amide bonds. The molecule has 0 radical (unpaired) electrons. The van der Waals surface area contributed by atoms with E-state index in [1.807, 2.05) is 31.4 Å². The van der Waals surface area contributed by atoms with Gasteiger partial charge in [0.1, 0.15) is 0 Å². The molecular weight excluding hydrogens is 342 g/mol. The van der Waals surface area contributed by atoms with Crippen molar-refractivity contribution < 1.29 is 18.7 Å². The fraction of sp³-hybridized carbons (Fsp3) is 0.471. The molecule has 25 heavy (non-hydrogen) atoms. The lowest BCUT2D eigenvalue weighted by Gasteiger charge is -2.20. The molecule has 0 spiro atoms. The Labute approximate surface area is 150 Å². The molecule has 0 saturated carbocycles. The van der Waals surface area contributed by atoms with Crippen LogP contribution in [0.2, 0.25) is 0 Å². The predicted molar refractivity (Wildman–Crippen MR) is 95.5 cm³/mol. The summed E-state index contributed by atoms with van der Waals surface area (Å²) in [5, 5.41) is 7.49. The molecule has 0 saturated heterocycles. The number of aromatic nitrogens is 1. The van der Waals surface area contributed by atoms with Gasteiger partial charge < -0.3 is 19.8 Å². The highest BCUT2D eigenvalue weighted by Crippen LogP contribution is 2.27. The van der Waals surface area contributed by atoms with Crippen LogP contribution in [0.15, 0.2) is 28.3 Å². The van der Waals surface area contributed by atoms with E-state index >= 15 is 0 Å². The standard InChI is InChI=1S/C17H23N3O4S/c1-4-23-17(22)20-12(8-11(2)3)9-18-16(21)14-15(24-10-19-14)13-6-5-7-25-13/h5-7,10-12H,4,8-9H2,1-3H3,(H,18,21)(H,20,22). The first-order chi connectivity index (χ1) is 12.0. The first-order valence-corrected chi connectivity index (χ1v) is 9.08. The number of nitrogens with zero attached hydrogens (tertiary/aromatic N) is 1. The lowest BCUT2D eigenvalue weighted by atomic mass is 10.0. The maximum atomic E-state index is 12.5. The van der Waals surface area contributed by atoms with Crippen LogP contribution in [-0.2, 0) is 4.74 Å². The molecule has 136 valence electrons. The van der Waals surface area contributed by atoms with Gasteiger partial charge in [-0.25, -0.2) is 9.78 Å². The molecule has 2 rings (SSSR count). The molecule has 2 heterocycles. The molecule has 8 heteroatoms. The second-order valence-corrected chi connectivity index (χ2v) is 6.86. The van der Waals surface area contributed by atoms with Crippen LogP contribution in [0.1, 0.15) is 37.7 Å². The van der Waals surface area contributed by atoms with Gasteiger partial charge in [-0.2, -0.15) is 0 Å². The summed E-state index contributed by atoms with van der Waals surface area (Å²) in [5.74, 6) is 0.473. The van der Waals surface area contributed by atoms with Gasteiger partial charge in [0.25, 0.3) is 5.91 Å². The predicted octanol–water partition coefficient (Wildman–Crippen LogP) is 3.29. The van der Waals surface area contributed by atoms with E-state index in [1.54, 1.807) is 6.92 Å². The Balaban J connectivity index is 1.99.